The molecule has 0 aliphatic heterocycles. The maximum atomic E-state index is 5.73. The van der Waals surface area contributed by atoms with Crippen LogP contribution < -0.4 is 0 Å². The highest BCUT2D eigenvalue weighted by atomic mass is 32.1. The molecule has 5 heteroatoms. The first-order chi connectivity index (χ1) is 8.43. The molecule has 0 atom stereocenters. The van der Waals surface area contributed by atoms with Crippen LogP contribution in [0, 0.1) is 11.7 Å². The van der Waals surface area contributed by atoms with Crippen molar-refractivity contribution in [2.45, 2.75) is 39.8 Å². The number of hydrogen-bond acceptors (Lipinski definition) is 3. The van der Waals surface area contributed by atoms with Crippen molar-refractivity contribution in [3.8, 4) is 0 Å². The Kier molecular flexibility index (Phi) is 3.54. The van der Waals surface area contributed by atoms with Crippen LogP contribution in [0.2, 0.25) is 0 Å². The van der Waals surface area contributed by atoms with Crippen molar-refractivity contribution in [3.05, 3.63) is 22.6 Å². The maximum Gasteiger partial charge on any atom is 0.179 e. The number of pyridine rings is 1. The molecule has 0 aliphatic rings. The fourth-order valence-corrected chi connectivity index (χ4v) is 2.35. The SMILES string of the molecule is CCOC(C)(C)Cn1c(=S)[nH]c2ccc(C)nc21. The first kappa shape index (κ1) is 13.2. The average molecular weight is 265 g/mol. The third-order valence-corrected chi connectivity index (χ3v) is 3.15. The van der Waals surface area contributed by atoms with Crippen molar-refractivity contribution in [1.82, 2.24) is 14.5 Å². The van der Waals surface area contributed by atoms with Crippen LogP contribution >= 0.6 is 12.2 Å². The van der Waals surface area contributed by atoms with Crippen molar-refractivity contribution in [2.75, 3.05) is 6.61 Å². The van der Waals surface area contributed by atoms with Gasteiger partial charge in [0.25, 0.3) is 0 Å². The minimum atomic E-state index is -0.256. The van der Waals surface area contributed by atoms with Gasteiger partial charge in [-0.3, -0.25) is 4.57 Å². The summed E-state index contributed by atoms with van der Waals surface area (Å²) in [5, 5.41) is 0. The minimum absolute atomic E-state index is 0.256. The number of nitrogens with zero attached hydrogens (tertiary/aromatic N) is 2. The average Bonchev–Trinajstić information content (AvgIpc) is 2.55. The summed E-state index contributed by atoms with van der Waals surface area (Å²) in [7, 11) is 0. The fourth-order valence-electron chi connectivity index (χ4n) is 2.09. The molecule has 2 rings (SSSR count). The topological polar surface area (TPSA) is 42.8 Å². The maximum absolute atomic E-state index is 5.73. The van der Waals surface area contributed by atoms with Gasteiger partial charge in [0.15, 0.2) is 10.4 Å². The molecular weight excluding hydrogens is 246 g/mol. The molecule has 0 fully saturated rings. The lowest BCUT2D eigenvalue weighted by molar-refractivity contribution is -0.0220. The molecule has 18 heavy (non-hydrogen) atoms. The minimum Gasteiger partial charge on any atom is -0.374 e. The highest BCUT2D eigenvalue weighted by Gasteiger charge is 2.20. The van der Waals surface area contributed by atoms with Gasteiger partial charge in [0, 0.05) is 12.3 Å². The summed E-state index contributed by atoms with van der Waals surface area (Å²) >= 11 is 5.36. The van der Waals surface area contributed by atoms with Crippen LogP contribution in [-0.2, 0) is 11.3 Å². The first-order valence-corrected chi connectivity index (χ1v) is 6.54. The van der Waals surface area contributed by atoms with E-state index in [1.54, 1.807) is 0 Å². The predicted molar refractivity (Wildman–Crippen MR) is 75.4 cm³/mol. The molecule has 0 spiro atoms. The number of nitrogens with one attached hydrogen (secondary N) is 1. The second kappa shape index (κ2) is 4.82. The van der Waals surface area contributed by atoms with E-state index in [0.29, 0.717) is 17.9 Å². The summed E-state index contributed by atoms with van der Waals surface area (Å²) in [6.45, 7) is 9.48. The molecule has 2 heterocycles. The molecule has 98 valence electrons. The lowest BCUT2D eigenvalue weighted by Crippen LogP contribution is -2.30. The Labute approximate surface area is 112 Å². The van der Waals surface area contributed by atoms with Crippen LogP contribution in [0.15, 0.2) is 12.1 Å². The number of aromatic nitrogens is 3. The van der Waals surface area contributed by atoms with Crippen molar-refractivity contribution < 1.29 is 4.74 Å². The van der Waals surface area contributed by atoms with E-state index >= 15 is 0 Å². The van der Waals surface area contributed by atoms with E-state index in [0.717, 1.165) is 16.9 Å². The summed E-state index contributed by atoms with van der Waals surface area (Å²) in [5.41, 5.74) is 2.60. The number of rotatable bonds is 4. The molecule has 0 radical (unpaired) electrons. The van der Waals surface area contributed by atoms with E-state index in [9.17, 15) is 0 Å². The van der Waals surface area contributed by atoms with Crippen molar-refractivity contribution >= 4 is 23.4 Å². The van der Waals surface area contributed by atoms with Crippen LogP contribution in [0.3, 0.4) is 0 Å². The molecule has 0 unspecified atom stereocenters. The third-order valence-electron chi connectivity index (χ3n) is 2.83. The Bertz CT molecular complexity index is 612. The molecule has 0 saturated heterocycles. The van der Waals surface area contributed by atoms with Gasteiger partial charge >= 0.3 is 0 Å². The van der Waals surface area contributed by atoms with Crippen LogP contribution in [0.4, 0.5) is 0 Å². The van der Waals surface area contributed by atoms with E-state index in [-0.39, 0.29) is 5.60 Å². The molecular formula is C13H19N3OS. The van der Waals surface area contributed by atoms with Gasteiger partial charge in [-0.25, -0.2) is 4.98 Å². The highest BCUT2D eigenvalue weighted by molar-refractivity contribution is 7.71. The van der Waals surface area contributed by atoms with Crippen LogP contribution in [0.25, 0.3) is 11.2 Å². The fraction of sp³-hybridized carbons (Fsp3) is 0.538. The van der Waals surface area contributed by atoms with Crippen molar-refractivity contribution in [2.24, 2.45) is 0 Å². The molecule has 1 N–H and O–H groups in total. The molecule has 4 nitrogen and oxygen atoms in total. The standard InChI is InChI=1S/C13H19N3OS/c1-5-17-13(3,4)8-16-11-10(15-12(16)18)7-6-9(2)14-11/h6-7H,5,8H2,1-4H3,(H,15,18). The number of H-pyrrole nitrogens is 1. The number of imidazole rings is 1. The summed E-state index contributed by atoms with van der Waals surface area (Å²) in [5.74, 6) is 0. The van der Waals surface area contributed by atoms with Gasteiger partial charge in [0.1, 0.15) is 0 Å². The first-order valence-electron chi connectivity index (χ1n) is 6.13. The zero-order valence-electron chi connectivity index (χ0n) is 11.3. The summed E-state index contributed by atoms with van der Waals surface area (Å²) in [6.07, 6.45) is 0. The van der Waals surface area contributed by atoms with Crippen LogP contribution in [0.5, 0.6) is 0 Å². The molecule has 0 saturated carbocycles. The zero-order chi connectivity index (χ0) is 13.3. The lowest BCUT2D eigenvalue weighted by atomic mass is 10.1. The third kappa shape index (κ3) is 2.62. The highest BCUT2D eigenvalue weighted by Crippen LogP contribution is 2.18. The smallest absolute Gasteiger partial charge is 0.179 e. The Balaban J connectivity index is 2.47. The molecule has 2 aromatic rings. The number of aromatic amines is 1. The van der Waals surface area contributed by atoms with Gasteiger partial charge in [-0.05, 0) is 52.0 Å². The van der Waals surface area contributed by atoms with E-state index in [4.69, 9.17) is 17.0 Å². The van der Waals surface area contributed by atoms with Crippen LogP contribution in [-0.4, -0.2) is 26.7 Å². The van der Waals surface area contributed by atoms with Gasteiger partial charge in [-0.2, -0.15) is 0 Å². The number of fused-ring (bicyclic) bond motifs is 1. The van der Waals surface area contributed by atoms with E-state index in [1.165, 1.54) is 0 Å². The number of hydrogen-bond donors (Lipinski definition) is 1. The zero-order valence-corrected chi connectivity index (χ0v) is 12.1. The van der Waals surface area contributed by atoms with E-state index < -0.39 is 0 Å². The Hall–Kier alpha value is -1.20. The van der Waals surface area contributed by atoms with Gasteiger partial charge < -0.3 is 9.72 Å². The van der Waals surface area contributed by atoms with Gasteiger partial charge in [0.2, 0.25) is 0 Å². The largest absolute Gasteiger partial charge is 0.374 e. The number of aryl methyl sites for hydroxylation is 1. The Morgan fingerprint density at radius 1 is 1.44 bits per heavy atom. The number of ether oxygens (including phenoxy) is 1. The van der Waals surface area contributed by atoms with Gasteiger partial charge in [-0.15, -0.1) is 0 Å². The molecule has 0 aromatic carbocycles. The second-order valence-electron chi connectivity index (χ2n) is 5.03. The van der Waals surface area contributed by atoms with Gasteiger partial charge in [0.05, 0.1) is 17.7 Å². The second-order valence-corrected chi connectivity index (χ2v) is 5.42. The molecule has 0 amide bonds. The monoisotopic (exact) mass is 265 g/mol. The quantitative estimate of drug-likeness (QED) is 0.863. The summed E-state index contributed by atoms with van der Waals surface area (Å²) in [6, 6.07) is 3.99. The normalized spacial score (nSPS) is 12.2. The van der Waals surface area contributed by atoms with E-state index in [2.05, 4.69) is 23.8 Å². The Morgan fingerprint density at radius 2 is 2.17 bits per heavy atom. The lowest BCUT2D eigenvalue weighted by Gasteiger charge is -2.25. The summed E-state index contributed by atoms with van der Waals surface area (Å²) < 4.78 is 8.43. The van der Waals surface area contributed by atoms with Gasteiger partial charge in [-0.1, -0.05) is 0 Å². The predicted octanol–water partition coefficient (Wildman–Crippen LogP) is 3.22. The molecule has 2 aromatic heterocycles. The molecule has 0 aliphatic carbocycles. The van der Waals surface area contributed by atoms with Crippen LogP contribution in [0.1, 0.15) is 26.5 Å². The summed E-state index contributed by atoms with van der Waals surface area (Å²) in [4.78, 5) is 7.73. The van der Waals surface area contributed by atoms with E-state index in [1.807, 2.05) is 30.5 Å². The molecule has 0 bridgehead atoms. The van der Waals surface area contributed by atoms with Crippen molar-refractivity contribution in [1.29, 1.82) is 0 Å². The Morgan fingerprint density at radius 3 is 2.83 bits per heavy atom. The van der Waals surface area contributed by atoms with Crippen molar-refractivity contribution in [3.63, 3.8) is 0 Å².